The summed E-state index contributed by atoms with van der Waals surface area (Å²) in [6.07, 6.45) is -0.695. The number of halogens is 4. The normalized spacial score (nSPS) is 17.2. The molecule has 0 aliphatic carbocycles. The van der Waals surface area contributed by atoms with Crippen molar-refractivity contribution in [3.8, 4) is 0 Å². The lowest BCUT2D eigenvalue weighted by Gasteiger charge is -2.31. The van der Waals surface area contributed by atoms with Crippen molar-refractivity contribution in [2.24, 2.45) is 0 Å². The van der Waals surface area contributed by atoms with E-state index in [1.54, 1.807) is 6.20 Å². The summed E-state index contributed by atoms with van der Waals surface area (Å²) < 4.78 is 53.6. The van der Waals surface area contributed by atoms with Gasteiger partial charge in [-0.25, -0.2) is 8.78 Å². The Morgan fingerprint density at radius 1 is 1.45 bits per heavy atom. The third-order valence-electron chi connectivity index (χ3n) is 3.65. The van der Waals surface area contributed by atoms with Crippen molar-refractivity contribution in [1.82, 2.24) is 15.1 Å². The number of H-pyrrole nitrogens is 1. The fourth-order valence-electron chi connectivity index (χ4n) is 2.36. The molecule has 0 radical (unpaired) electrons. The Hall–Kier alpha value is -1.64. The van der Waals surface area contributed by atoms with Crippen LogP contribution in [-0.2, 0) is 9.53 Å². The number of ether oxygens (including phenoxy) is 1. The predicted octanol–water partition coefficient (Wildman–Crippen LogP) is 2.03. The molecule has 1 aromatic rings. The van der Waals surface area contributed by atoms with Gasteiger partial charge in [-0.3, -0.25) is 9.89 Å². The number of carbonyl (C=O) groups excluding carboxylic acids is 1. The van der Waals surface area contributed by atoms with E-state index in [0.29, 0.717) is 13.1 Å². The summed E-state index contributed by atoms with van der Waals surface area (Å²) >= 11 is 0. The summed E-state index contributed by atoms with van der Waals surface area (Å²) in [5.74, 6) is -4.42. The first-order valence-electron chi connectivity index (χ1n) is 6.91. The van der Waals surface area contributed by atoms with Gasteiger partial charge in [0.15, 0.2) is 0 Å². The van der Waals surface area contributed by atoms with Crippen molar-refractivity contribution in [3.63, 3.8) is 0 Å². The van der Waals surface area contributed by atoms with Crippen LogP contribution in [0.2, 0.25) is 0 Å². The highest BCUT2D eigenvalue weighted by Crippen LogP contribution is 2.26. The third kappa shape index (κ3) is 4.19. The molecular weight excluding hydrogens is 306 g/mol. The zero-order valence-electron chi connectivity index (χ0n) is 11.8. The van der Waals surface area contributed by atoms with Gasteiger partial charge in [-0.1, -0.05) is 0 Å². The van der Waals surface area contributed by atoms with E-state index in [2.05, 4.69) is 14.9 Å². The molecule has 1 aliphatic rings. The number of aromatic nitrogens is 2. The highest BCUT2D eigenvalue weighted by molar-refractivity contribution is 5.77. The maximum atomic E-state index is 12.6. The number of hydrogen-bond donors (Lipinski definition) is 1. The highest BCUT2D eigenvalue weighted by atomic mass is 19.3. The monoisotopic (exact) mass is 323 g/mol. The van der Waals surface area contributed by atoms with Gasteiger partial charge in [0.1, 0.15) is 13.2 Å². The van der Waals surface area contributed by atoms with Crippen LogP contribution in [0.5, 0.6) is 0 Å². The number of aromatic amines is 1. The largest absolute Gasteiger partial charge is 0.365 e. The lowest BCUT2D eigenvalue weighted by Crippen LogP contribution is -2.41. The molecule has 2 heterocycles. The molecule has 1 saturated heterocycles. The Kier molecular flexibility index (Phi) is 5.38. The molecular formula is C13H17F4N3O2. The summed E-state index contributed by atoms with van der Waals surface area (Å²) in [6, 6.07) is 1.87. The third-order valence-corrected chi connectivity index (χ3v) is 3.65. The van der Waals surface area contributed by atoms with Crippen molar-refractivity contribution in [2.75, 3.05) is 26.3 Å². The van der Waals surface area contributed by atoms with Gasteiger partial charge < -0.3 is 9.64 Å². The molecule has 1 N–H and O–H groups in total. The molecule has 1 fully saturated rings. The van der Waals surface area contributed by atoms with E-state index in [1.807, 2.05) is 6.07 Å². The quantitative estimate of drug-likeness (QED) is 0.815. The minimum atomic E-state index is -4.23. The second kappa shape index (κ2) is 7.08. The minimum absolute atomic E-state index is 0.274. The van der Waals surface area contributed by atoms with Gasteiger partial charge in [0.25, 0.3) is 0 Å². The van der Waals surface area contributed by atoms with E-state index in [0.717, 1.165) is 18.5 Å². The van der Waals surface area contributed by atoms with Crippen molar-refractivity contribution in [1.29, 1.82) is 0 Å². The number of nitrogens with zero attached hydrogens (tertiary/aromatic N) is 2. The van der Waals surface area contributed by atoms with Gasteiger partial charge in [0, 0.05) is 30.9 Å². The second-order valence-corrected chi connectivity index (χ2v) is 5.22. The molecule has 0 spiro atoms. The SMILES string of the molecule is O=C(COCC(F)(F)C(F)F)N1CCC(c2ccn[nH]2)CC1. The molecule has 0 aromatic carbocycles. The number of alkyl halides is 4. The average Bonchev–Trinajstić information content (AvgIpc) is 3.01. The van der Waals surface area contributed by atoms with Gasteiger partial charge >= 0.3 is 12.3 Å². The van der Waals surface area contributed by atoms with E-state index in [1.165, 1.54) is 4.90 Å². The number of amides is 1. The summed E-state index contributed by atoms with van der Waals surface area (Å²) in [5, 5.41) is 6.75. The molecule has 124 valence electrons. The van der Waals surface area contributed by atoms with Gasteiger partial charge in [0.2, 0.25) is 5.91 Å². The standard InChI is InChI=1S/C13H17F4N3O2/c14-12(15)13(16,17)8-22-7-11(21)20-5-2-9(3-6-20)10-1-4-18-19-10/h1,4,9,12H,2-3,5-8H2,(H,18,19). The summed E-state index contributed by atoms with van der Waals surface area (Å²) in [7, 11) is 0. The second-order valence-electron chi connectivity index (χ2n) is 5.22. The number of piperidine rings is 1. The summed E-state index contributed by atoms with van der Waals surface area (Å²) in [6.45, 7) is -1.13. The number of nitrogens with one attached hydrogen (secondary N) is 1. The molecule has 9 heteroatoms. The number of rotatable bonds is 6. The van der Waals surface area contributed by atoms with Crippen LogP contribution >= 0.6 is 0 Å². The molecule has 1 aromatic heterocycles. The molecule has 0 unspecified atom stereocenters. The maximum Gasteiger partial charge on any atom is 0.330 e. The zero-order chi connectivity index (χ0) is 16.2. The first-order valence-corrected chi connectivity index (χ1v) is 6.91. The number of carbonyl (C=O) groups is 1. The van der Waals surface area contributed by atoms with Crippen LogP contribution < -0.4 is 0 Å². The highest BCUT2D eigenvalue weighted by Gasteiger charge is 2.41. The Labute approximate surface area is 124 Å². The zero-order valence-corrected chi connectivity index (χ0v) is 11.8. The van der Waals surface area contributed by atoms with Crippen LogP contribution in [0.4, 0.5) is 17.6 Å². The predicted molar refractivity (Wildman–Crippen MR) is 68.9 cm³/mol. The molecule has 0 saturated carbocycles. The molecule has 5 nitrogen and oxygen atoms in total. The first kappa shape index (κ1) is 16.7. The van der Waals surface area contributed by atoms with Crippen LogP contribution in [0.15, 0.2) is 12.3 Å². The molecule has 22 heavy (non-hydrogen) atoms. The van der Waals surface area contributed by atoms with E-state index < -0.39 is 31.5 Å². The van der Waals surface area contributed by atoms with Crippen molar-refractivity contribution in [3.05, 3.63) is 18.0 Å². The fraction of sp³-hybridized carbons (Fsp3) is 0.692. The summed E-state index contributed by atoms with van der Waals surface area (Å²) in [5.41, 5.74) is 1.000. The van der Waals surface area contributed by atoms with Gasteiger partial charge in [-0.2, -0.15) is 13.9 Å². The Morgan fingerprint density at radius 3 is 2.68 bits per heavy atom. The van der Waals surface area contributed by atoms with Crippen molar-refractivity contribution in [2.45, 2.75) is 31.1 Å². The van der Waals surface area contributed by atoms with Gasteiger partial charge in [-0.15, -0.1) is 0 Å². The topological polar surface area (TPSA) is 58.2 Å². The van der Waals surface area contributed by atoms with Crippen LogP contribution in [0.1, 0.15) is 24.5 Å². The van der Waals surface area contributed by atoms with Crippen molar-refractivity contribution < 1.29 is 27.1 Å². The maximum absolute atomic E-state index is 12.6. The van der Waals surface area contributed by atoms with Crippen molar-refractivity contribution >= 4 is 5.91 Å². The van der Waals surface area contributed by atoms with Crippen LogP contribution in [0, 0.1) is 0 Å². The van der Waals surface area contributed by atoms with Crippen LogP contribution in [0.3, 0.4) is 0 Å². The van der Waals surface area contributed by atoms with Gasteiger partial charge in [-0.05, 0) is 18.9 Å². The molecule has 0 atom stereocenters. The van der Waals surface area contributed by atoms with E-state index in [-0.39, 0.29) is 5.92 Å². The van der Waals surface area contributed by atoms with Crippen LogP contribution in [-0.4, -0.2) is 59.7 Å². The Morgan fingerprint density at radius 2 is 2.14 bits per heavy atom. The van der Waals surface area contributed by atoms with Crippen LogP contribution in [0.25, 0.3) is 0 Å². The van der Waals surface area contributed by atoms with Gasteiger partial charge in [0.05, 0.1) is 0 Å². The Bertz CT molecular complexity index is 474. The molecule has 0 bridgehead atoms. The fourth-order valence-corrected chi connectivity index (χ4v) is 2.36. The minimum Gasteiger partial charge on any atom is -0.365 e. The average molecular weight is 323 g/mol. The van der Waals surface area contributed by atoms with E-state index in [9.17, 15) is 22.4 Å². The number of likely N-dealkylation sites (tertiary alicyclic amines) is 1. The Balaban J connectivity index is 1.71. The first-order chi connectivity index (χ1) is 10.4. The molecule has 1 aliphatic heterocycles. The van der Waals surface area contributed by atoms with E-state index in [4.69, 9.17) is 0 Å². The summed E-state index contributed by atoms with van der Waals surface area (Å²) in [4.78, 5) is 13.3. The lowest BCUT2D eigenvalue weighted by atomic mass is 9.94. The molecule has 1 amide bonds. The smallest absolute Gasteiger partial charge is 0.330 e. The lowest BCUT2D eigenvalue weighted by molar-refractivity contribution is -0.171. The molecule has 2 rings (SSSR count). The number of hydrogen-bond acceptors (Lipinski definition) is 3. The van der Waals surface area contributed by atoms with E-state index >= 15 is 0 Å².